The standard InChI is InChI=1S/C15H23NO2/c1-3-4-10-16-11-7-12-18-15(17)14-9-6-5-8-13(14)2/h5-6,8-9,16H,3-4,7,10-12H2,1-2H3. The number of hydrogen-bond acceptors (Lipinski definition) is 3. The van der Waals surface area contributed by atoms with E-state index in [9.17, 15) is 4.79 Å². The lowest BCUT2D eigenvalue weighted by atomic mass is 10.1. The maximum Gasteiger partial charge on any atom is 0.338 e. The lowest BCUT2D eigenvalue weighted by Crippen LogP contribution is -2.19. The van der Waals surface area contributed by atoms with E-state index in [0.29, 0.717) is 12.2 Å². The zero-order chi connectivity index (χ0) is 13.2. The van der Waals surface area contributed by atoms with Crippen molar-refractivity contribution in [2.24, 2.45) is 0 Å². The summed E-state index contributed by atoms with van der Waals surface area (Å²) in [6.45, 7) is 6.52. The molecule has 0 aromatic heterocycles. The summed E-state index contributed by atoms with van der Waals surface area (Å²) in [5.41, 5.74) is 1.63. The molecule has 0 bridgehead atoms. The average Bonchev–Trinajstić information content (AvgIpc) is 2.38. The molecular formula is C15H23NO2. The van der Waals surface area contributed by atoms with Crippen molar-refractivity contribution >= 4 is 5.97 Å². The van der Waals surface area contributed by atoms with E-state index in [2.05, 4.69) is 12.2 Å². The first-order valence-electron chi connectivity index (χ1n) is 6.69. The zero-order valence-corrected chi connectivity index (χ0v) is 11.4. The molecule has 3 nitrogen and oxygen atoms in total. The molecule has 1 aromatic carbocycles. The van der Waals surface area contributed by atoms with Crippen LogP contribution in [0.2, 0.25) is 0 Å². The van der Waals surface area contributed by atoms with Gasteiger partial charge in [-0.1, -0.05) is 31.5 Å². The van der Waals surface area contributed by atoms with E-state index in [4.69, 9.17) is 4.74 Å². The number of carbonyl (C=O) groups excluding carboxylic acids is 1. The van der Waals surface area contributed by atoms with E-state index in [1.807, 2.05) is 25.1 Å². The number of aryl methyl sites for hydroxylation is 1. The van der Waals surface area contributed by atoms with E-state index in [1.165, 1.54) is 12.8 Å². The minimum Gasteiger partial charge on any atom is -0.462 e. The van der Waals surface area contributed by atoms with Gasteiger partial charge in [-0.2, -0.15) is 0 Å². The number of benzene rings is 1. The van der Waals surface area contributed by atoms with Crippen LogP contribution < -0.4 is 5.32 Å². The van der Waals surface area contributed by atoms with E-state index >= 15 is 0 Å². The van der Waals surface area contributed by atoms with Crippen LogP contribution in [0.4, 0.5) is 0 Å². The Labute approximate surface area is 110 Å². The highest BCUT2D eigenvalue weighted by Crippen LogP contribution is 2.08. The van der Waals surface area contributed by atoms with E-state index < -0.39 is 0 Å². The lowest BCUT2D eigenvalue weighted by Gasteiger charge is -2.07. The average molecular weight is 249 g/mol. The van der Waals surface area contributed by atoms with E-state index in [-0.39, 0.29) is 5.97 Å². The number of rotatable bonds is 8. The molecule has 0 unspecified atom stereocenters. The van der Waals surface area contributed by atoms with Crippen molar-refractivity contribution in [2.75, 3.05) is 19.7 Å². The summed E-state index contributed by atoms with van der Waals surface area (Å²) in [7, 11) is 0. The minimum absolute atomic E-state index is 0.221. The highest BCUT2D eigenvalue weighted by atomic mass is 16.5. The number of unbranched alkanes of at least 4 members (excludes halogenated alkanes) is 1. The third-order valence-electron chi connectivity index (χ3n) is 2.80. The second-order valence-electron chi connectivity index (χ2n) is 4.41. The lowest BCUT2D eigenvalue weighted by molar-refractivity contribution is 0.0500. The molecule has 0 radical (unpaired) electrons. The van der Waals surface area contributed by atoms with Gasteiger partial charge in [0.15, 0.2) is 0 Å². The molecule has 0 saturated heterocycles. The number of esters is 1. The summed E-state index contributed by atoms with van der Waals surface area (Å²) >= 11 is 0. The number of carbonyl (C=O) groups is 1. The van der Waals surface area contributed by atoms with Crippen LogP contribution in [0.15, 0.2) is 24.3 Å². The van der Waals surface area contributed by atoms with Gasteiger partial charge in [0.1, 0.15) is 0 Å². The molecule has 1 rings (SSSR count). The molecule has 1 N–H and O–H groups in total. The van der Waals surface area contributed by atoms with Crippen molar-refractivity contribution in [1.29, 1.82) is 0 Å². The van der Waals surface area contributed by atoms with Gasteiger partial charge < -0.3 is 10.1 Å². The van der Waals surface area contributed by atoms with E-state index in [0.717, 1.165) is 25.1 Å². The van der Waals surface area contributed by atoms with Crippen molar-refractivity contribution < 1.29 is 9.53 Å². The number of ether oxygens (including phenoxy) is 1. The van der Waals surface area contributed by atoms with Gasteiger partial charge in [0.25, 0.3) is 0 Å². The number of hydrogen-bond donors (Lipinski definition) is 1. The molecule has 0 aliphatic carbocycles. The molecule has 1 aromatic rings. The van der Waals surface area contributed by atoms with Gasteiger partial charge in [0.2, 0.25) is 0 Å². The molecule has 18 heavy (non-hydrogen) atoms. The first-order chi connectivity index (χ1) is 8.75. The van der Waals surface area contributed by atoms with Gasteiger partial charge in [0, 0.05) is 0 Å². The molecule has 0 saturated carbocycles. The van der Waals surface area contributed by atoms with Crippen LogP contribution in [-0.2, 0) is 4.74 Å². The summed E-state index contributed by atoms with van der Waals surface area (Å²) in [5.74, 6) is -0.221. The van der Waals surface area contributed by atoms with Gasteiger partial charge in [-0.05, 0) is 44.5 Å². The first kappa shape index (κ1) is 14.7. The summed E-state index contributed by atoms with van der Waals surface area (Å²) in [6.07, 6.45) is 3.26. The Morgan fingerprint density at radius 2 is 1.94 bits per heavy atom. The second kappa shape index (κ2) is 8.70. The van der Waals surface area contributed by atoms with Gasteiger partial charge in [0.05, 0.1) is 12.2 Å². The third-order valence-corrected chi connectivity index (χ3v) is 2.80. The summed E-state index contributed by atoms with van der Waals surface area (Å²) in [5, 5.41) is 3.32. The Balaban J connectivity index is 2.16. The molecular weight excluding hydrogens is 226 g/mol. The van der Waals surface area contributed by atoms with Crippen LogP contribution in [0, 0.1) is 6.92 Å². The molecule has 0 heterocycles. The smallest absolute Gasteiger partial charge is 0.338 e. The zero-order valence-electron chi connectivity index (χ0n) is 11.4. The van der Waals surface area contributed by atoms with Crippen LogP contribution in [0.1, 0.15) is 42.1 Å². The fraction of sp³-hybridized carbons (Fsp3) is 0.533. The van der Waals surface area contributed by atoms with E-state index in [1.54, 1.807) is 6.07 Å². The molecule has 0 atom stereocenters. The van der Waals surface area contributed by atoms with Gasteiger partial charge >= 0.3 is 5.97 Å². The van der Waals surface area contributed by atoms with Crippen LogP contribution in [0.5, 0.6) is 0 Å². The van der Waals surface area contributed by atoms with Crippen LogP contribution in [0.3, 0.4) is 0 Å². The highest BCUT2D eigenvalue weighted by Gasteiger charge is 2.08. The highest BCUT2D eigenvalue weighted by molar-refractivity contribution is 5.90. The third kappa shape index (κ3) is 5.32. The SMILES string of the molecule is CCCCNCCCOC(=O)c1ccccc1C. The van der Waals surface area contributed by atoms with Crippen molar-refractivity contribution in [3.63, 3.8) is 0 Å². The van der Waals surface area contributed by atoms with Crippen molar-refractivity contribution in [1.82, 2.24) is 5.32 Å². The maximum atomic E-state index is 11.8. The predicted molar refractivity (Wildman–Crippen MR) is 73.9 cm³/mol. The molecule has 3 heteroatoms. The maximum absolute atomic E-state index is 11.8. The Morgan fingerprint density at radius 1 is 1.22 bits per heavy atom. The summed E-state index contributed by atoms with van der Waals surface area (Å²) < 4.78 is 5.24. The number of nitrogens with one attached hydrogen (secondary N) is 1. The second-order valence-corrected chi connectivity index (χ2v) is 4.41. The Kier molecular flexibility index (Phi) is 7.11. The fourth-order valence-corrected chi connectivity index (χ4v) is 1.67. The van der Waals surface area contributed by atoms with Gasteiger partial charge in [-0.3, -0.25) is 0 Å². The van der Waals surface area contributed by atoms with Crippen LogP contribution in [-0.4, -0.2) is 25.7 Å². The molecule has 0 spiro atoms. The van der Waals surface area contributed by atoms with Crippen molar-refractivity contribution in [3.8, 4) is 0 Å². The van der Waals surface area contributed by atoms with Gasteiger partial charge in [-0.25, -0.2) is 4.79 Å². The molecule has 100 valence electrons. The van der Waals surface area contributed by atoms with Crippen molar-refractivity contribution in [2.45, 2.75) is 33.1 Å². The summed E-state index contributed by atoms with van der Waals surface area (Å²) in [6, 6.07) is 7.50. The molecule has 0 aliphatic heterocycles. The monoisotopic (exact) mass is 249 g/mol. The fourth-order valence-electron chi connectivity index (χ4n) is 1.67. The Hall–Kier alpha value is -1.35. The quantitative estimate of drug-likeness (QED) is 0.568. The Morgan fingerprint density at radius 3 is 2.67 bits per heavy atom. The minimum atomic E-state index is -0.221. The molecule has 0 amide bonds. The van der Waals surface area contributed by atoms with Crippen LogP contribution in [0.25, 0.3) is 0 Å². The van der Waals surface area contributed by atoms with Crippen LogP contribution >= 0.6 is 0 Å². The Bertz CT molecular complexity index is 363. The van der Waals surface area contributed by atoms with Gasteiger partial charge in [-0.15, -0.1) is 0 Å². The largest absolute Gasteiger partial charge is 0.462 e. The normalized spacial score (nSPS) is 10.3. The molecule has 0 aliphatic rings. The molecule has 0 fully saturated rings. The summed E-state index contributed by atoms with van der Waals surface area (Å²) in [4.78, 5) is 11.8. The van der Waals surface area contributed by atoms with Crippen molar-refractivity contribution in [3.05, 3.63) is 35.4 Å². The predicted octanol–water partition coefficient (Wildman–Crippen LogP) is 2.93. The topological polar surface area (TPSA) is 38.3 Å². The first-order valence-corrected chi connectivity index (χ1v) is 6.69.